The molecule has 1 aromatic carbocycles. The highest BCUT2D eigenvalue weighted by atomic mass is 79.9. The van der Waals surface area contributed by atoms with Crippen LogP contribution in [-0.2, 0) is 6.42 Å². The number of hydrogen-bond donors (Lipinski definition) is 1. The molecule has 2 aromatic rings. The first kappa shape index (κ1) is 14.0. The number of benzene rings is 1. The summed E-state index contributed by atoms with van der Waals surface area (Å²) < 4.78 is 0.528. The van der Waals surface area contributed by atoms with E-state index in [1.54, 1.807) is 0 Å². The van der Waals surface area contributed by atoms with E-state index in [9.17, 15) is 4.79 Å². The fourth-order valence-corrected chi connectivity index (χ4v) is 2.69. The van der Waals surface area contributed by atoms with Crippen LogP contribution in [0.1, 0.15) is 37.9 Å². The van der Waals surface area contributed by atoms with Gasteiger partial charge >= 0.3 is 0 Å². The number of rotatable bonds is 3. The first-order valence-corrected chi connectivity index (χ1v) is 7.21. The first-order chi connectivity index (χ1) is 9.04. The average Bonchev–Trinajstić information content (AvgIpc) is 2.41. The molecule has 4 heteroatoms. The molecule has 1 N–H and O–H groups in total. The Morgan fingerprint density at radius 1 is 1.32 bits per heavy atom. The van der Waals surface area contributed by atoms with Gasteiger partial charge in [0.1, 0.15) is 10.3 Å². The quantitative estimate of drug-likeness (QED) is 0.932. The smallest absolute Gasteiger partial charge is 0.265 e. The van der Waals surface area contributed by atoms with Gasteiger partial charge in [-0.05, 0) is 33.8 Å². The molecular formula is C15H17BrN2O. The van der Waals surface area contributed by atoms with Gasteiger partial charge in [0.15, 0.2) is 0 Å². The monoisotopic (exact) mass is 320 g/mol. The van der Waals surface area contributed by atoms with Crippen molar-refractivity contribution in [1.29, 1.82) is 0 Å². The van der Waals surface area contributed by atoms with Gasteiger partial charge in [-0.3, -0.25) is 4.79 Å². The summed E-state index contributed by atoms with van der Waals surface area (Å²) in [5, 5.41) is 0. The maximum Gasteiger partial charge on any atom is 0.265 e. The lowest BCUT2D eigenvalue weighted by molar-refractivity contribution is 0.803. The first-order valence-electron chi connectivity index (χ1n) is 6.42. The van der Waals surface area contributed by atoms with E-state index in [0.717, 1.165) is 17.7 Å². The number of halogens is 1. The predicted octanol–water partition coefficient (Wildman–Crippen LogP) is 3.89. The Morgan fingerprint density at radius 2 is 2.00 bits per heavy atom. The minimum absolute atomic E-state index is 0.125. The molecule has 0 saturated heterocycles. The second kappa shape index (κ2) is 5.70. The van der Waals surface area contributed by atoms with E-state index >= 15 is 0 Å². The highest BCUT2D eigenvalue weighted by molar-refractivity contribution is 9.10. The zero-order valence-electron chi connectivity index (χ0n) is 11.3. The van der Waals surface area contributed by atoms with Crippen molar-refractivity contribution in [2.24, 2.45) is 0 Å². The maximum absolute atomic E-state index is 12.0. The lowest BCUT2D eigenvalue weighted by Crippen LogP contribution is -2.14. The van der Waals surface area contributed by atoms with E-state index in [-0.39, 0.29) is 11.5 Å². The van der Waals surface area contributed by atoms with Crippen LogP contribution in [0.25, 0.3) is 11.4 Å². The van der Waals surface area contributed by atoms with Crippen LogP contribution in [0, 0.1) is 0 Å². The van der Waals surface area contributed by atoms with Gasteiger partial charge in [0.2, 0.25) is 0 Å². The third kappa shape index (κ3) is 2.78. The van der Waals surface area contributed by atoms with Crippen molar-refractivity contribution in [3.63, 3.8) is 0 Å². The molecule has 2 rings (SSSR count). The molecule has 0 aliphatic carbocycles. The summed E-state index contributed by atoms with van der Waals surface area (Å²) in [5.74, 6) is 0.846. The molecule has 0 spiro atoms. The number of nitrogens with one attached hydrogen (secondary N) is 1. The molecule has 0 fully saturated rings. The van der Waals surface area contributed by atoms with Crippen molar-refractivity contribution >= 4 is 15.9 Å². The predicted molar refractivity (Wildman–Crippen MR) is 81.5 cm³/mol. The molecule has 100 valence electrons. The van der Waals surface area contributed by atoms with E-state index in [0.29, 0.717) is 10.3 Å². The SMILES string of the molecule is CCc1ccccc1-c1nc(C(C)C)c(Br)c(=O)[nH]1. The van der Waals surface area contributed by atoms with Gasteiger partial charge < -0.3 is 4.98 Å². The van der Waals surface area contributed by atoms with E-state index < -0.39 is 0 Å². The summed E-state index contributed by atoms with van der Waals surface area (Å²) in [6, 6.07) is 8.02. The Labute approximate surface area is 121 Å². The molecule has 0 amide bonds. The van der Waals surface area contributed by atoms with Gasteiger partial charge in [-0.25, -0.2) is 4.98 Å². The lowest BCUT2D eigenvalue weighted by atomic mass is 10.0. The van der Waals surface area contributed by atoms with Crippen LogP contribution in [0.15, 0.2) is 33.5 Å². The number of aromatic nitrogens is 2. The molecule has 1 aromatic heterocycles. The minimum atomic E-state index is -0.125. The minimum Gasteiger partial charge on any atom is -0.306 e. The van der Waals surface area contributed by atoms with Gasteiger partial charge in [-0.2, -0.15) is 0 Å². The number of aromatic amines is 1. The van der Waals surface area contributed by atoms with E-state index in [1.165, 1.54) is 5.56 Å². The highest BCUT2D eigenvalue weighted by Gasteiger charge is 2.14. The Bertz CT molecular complexity index is 647. The summed E-state index contributed by atoms with van der Waals surface area (Å²) in [6.45, 7) is 6.16. The molecule has 0 saturated carbocycles. The standard InChI is InChI=1S/C15H17BrN2O/c1-4-10-7-5-6-8-11(10)14-17-13(9(2)3)12(16)15(19)18-14/h5-9H,4H2,1-3H3,(H,17,18,19). The van der Waals surface area contributed by atoms with E-state index in [2.05, 4.69) is 38.9 Å². The van der Waals surface area contributed by atoms with E-state index in [1.807, 2.05) is 32.0 Å². The molecule has 0 aliphatic rings. The van der Waals surface area contributed by atoms with Crippen LogP contribution >= 0.6 is 15.9 Å². The largest absolute Gasteiger partial charge is 0.306 e. The van der Waals surface area contributed by atoms with Crippen molar-refractivity contribution in [2.45, 2.75) is 33.1 Å². The topological polar surface area (TPSA) is 45.8 Å². The van der Waals surface area contributed by atoms with Crippen molar-refractivity contribution in [3.8, 4) is 11.4 Å². The van der Waals surface area contributed by atoms with Crippen LogP contribution in [0.4, 0.5) is 0 Å². The summed E-state index contributed by atoms with van der Waals surface area (Å²) in [6.07, 6.45) is 0.910. The molecule has 1 heterocycles. The van der Waals surface area contributed by atoms with E-state index in [4.69, 9.17) is 0 Å². The van der Waals surface area contributed by atoms with Gasteiger partial charge in [-0.15, -0.1) is 0 Å². The van der Waals surface area contributed by atoms with Crippen molar-refractivity contribution < 1.29 is 0 Å². The molecule has 3 nitrogen and oxygen atoms in total. The van der Waals surface area contributed by atoms with Crippen LogP contribution in [-0.4, -0.2) is 9.97 Å². The molecule has 0 atom stereocenters. The molecule has 0 radical (unpaired) electrons. The normalized spacial score (nSPS) is 11.0. The third-order valence-corrected chi connectivity index (χ3v) is 3.86. The maximum atomic E-state index is 12.0. The molecule has 0 bridgehead atoms. The zero-order chi connectivity index (χ0) is 14.0. The van der Waals surface area contributed by atoms with Crippen LogP contribution in [0.5, 0.6) is 0 Å². The number of H-pyrrole nitrogens is 1. The second-order valence-corrected chi connectivity index (χ2v) is 5.57. The Balaban J connectivity index is 2.67. The second-order valence-electron chi connectivity index (χ2n) is 4.78. The van der Waals surface area contributed by atoms with Crippen molar-refractivity contribution in [3.05, 3.63) is 50.3 Å². The summed E-state index contributed by atoms with van der Waals surface area (Å²) >= 11 is 3.32. The summed E-state index contributed by atoms with van der Waals surface area (Å²) in [4.78, 5) is 19.5. The van der Waals surface area contributed by atoms with Gasteiger partial charge in [0.05, 0.1) is 5.69 Å². The molecule has 19 heavy (non-hydrogen) atoms. The fraction of sp³-hybridized carbons (Fsp3) is 0.333. The molecule has 0 aliphatic heterocycles. The number of nitrogens with zero attached hydrogens (tertiary/aromatic N) is 1. The fourth-order valence-electron chi connectivity index (χ4n) is 2.05. The van der Waals surface area contributed by atoms with Crippen molar-refractivity contribution in [1.82, 2.24) is 9.97 Å². The Hall–Kier alpha value is -1.42. The number of aryl methyl sites for hydroxylation is 1. The molecular weight excluding hydrogens is 304 g/mol. The molecule has 0 unspecified atom stereocenters. The Kier molecular flexibility index (Phi) is 4.20. The third-order valence-electron chi connectivity index (χ3n) is 3.09. The van der Waals surface area contributed by atoms with Gasteiger partial charge in [0.25, 0.3) is 5.56 Å². The lowest BCUT2D eigenvalue weighted by Gasteiger charge is -2.11. The number of hydrogen-bond acceptors (Lipinski definition) is 2. The van der Waals surface area contributed by atoms with Gasteiger partial charge in [-0.1, -0.05) is 45.0 Å². The van der Waals surface area contributed by atoms with Crippen LogP contribution in [0.2, 0.25) is 0 Å². The van der Waals surface area contributed by atoms with Crippen LogP contribution in [0.3, 0.4) is 0 Å². The Morgan fingerprint density at radius 3 is 2.63 bits per heavy atom. The van der Waals surface area contributed by atoms with Gasteiger partial charge in [0, 0.05) is 5.56 Å². The average molecular weight is 321 g/mol. The van der Waals surface area contributed by atoms with Crippen LogP contribution < -0.4 is 5.56 Å². The summed E-state index contributed by atoms with van der Waals surface area (Å²) in [5.41, 5.74) is 2.85. The zero-order valence-corrected chi connectivity index (χ0v) is 12.9. The van der Waals surface area contributed by atoms with Crippen molar-refractivity contribution in [2.75, 3.05) is 0 Å². The highest BCUT2D eigenvalue weighted by Crippen LogP contribution is 2.24. The summed E-state index contributed by atoms with van der Waals surface area (Å²) in [7, 11) is 0.